The van der Waals surface area contributed by atoms with E-state index >= 15 is 0 Å². The molecule has 1 fully saturated rings. The maximum Gasteiger partial charge on any atom is 0.250 e. The molecule has 2 heterocycles. The van der Waals surface area contributed by atoms with E-state index in [1.807, 2.05) is 0 Å². The fraction of sp³-hybridized carbons (Fsp3) is 0.263. The molecule has 128 valence electrons. The number of piperidine rings is 1. The highest BCUT2D eigenvalue weighted by Crippen LogP contribution is 2.27. The molecule has 6 heteroatoms. The van der Waals surface area contributed by atoms with Crippen LogP contribution in [0.15, 0.2) is 42.6 Å². The summed E-state index contributed by atoms with van der Waals surface area (Å²) in [5.74, 6) is -1.84. The van der Waals surface area contributed by atoms with Crippen LogP contribution in [-0.2, 0) is 0 Å². The second kappa shape index (κ2) is 6.29. The van der Waals surface area contributed by atoms with Crippen LogP contribution in [0.2, 0.25) is 0 Å². The molecule has 5 nitrogen and oxygen atoms in total. The first-order chi connectivity index (χ1) is 12.5. The number of aromatic nitrogens is 2. The van der Waals surface area contributed by atoms with Crippen molar-refractivity contribution in [2.24, 2.45) is 5.73 Å². The lowest BCUT2D eigenvalue weighted by atomic mass is 9.91. The summed E-state index contributed by atoms with van der Waals surface area (Å²) in [6.45, 7) is 1.41. The zero-order valence-electron chi connectivity index (χ0n) is 14.6. The monoisotopic (exact) mass is 339 g/mol. The van der Waals surface area contributed by atoms with E-state index in [2.05, 4.69) is 10.4 Å². The molecule has 25 heavy (non-hydrogen) atoms. The van der Waals surface area contributed by atoms with Crippen molar-refractivity contribution < 1.29 is 10.6 Å². The van der Waals surface area contributed by atoms with Crippen molar-refractivity contribution in [3.63, 3.8) is 0 Å². The molecule has 4 rings (SSSR count). The third kappa shape index (κ3) is 2.89. The van der Waals surface area contributed by atoms with Gasteiger partial charge in [-0.1, -0.05) is 18.2 Å². The number of fused-ring (bicyclic) bond motifs is 1. The van der Waals surface area contributed by atoms with Crippen molar-refractivity contribution in [2.75, 3.05) is 13.1 Å². The SMILES string of the molecule is [2H][C@@]1(c2ccc(-n3cc4cccc(C(N)=O)c4n3)c(F)c2)CCCNC1. The van der Waals surface area contributed by atoms with Gasteiger partial charge in [-0.2, -0.15) is 5.10 Å². The minimum absolute atomic E-state index is 0.271. The Labute approximate surface area is 146 Å². The van der Waals surface area contributed by atoms with Crippen LogP contribution >= 0.6 is 0 Å². The van der Waals surface area contributed by atoms with Gasteiger partial charge in [-0.15, -0.1) is 0 Å². The lowest BCUT2D eigenvalue weighted by molar-refractivity contribution is 0.100. The molecule has 1 saturated heterocycles. The molecular formula is C19H19FN4O. The Balaban J connectivity index is 1.76. The maximum absolute atomic E-state index is 14.8. The quantitative estimate of drug-likeness (QED) is 0.771. The summed E-state index contributed by atoms with van der Waals surface area (Å²) in [5, 5.41) is 8.25. The van der Waals surface area contributed by atoms with Crippen LogP contribution in [0.1, 0.15) is 36.0 Å². The fourth-order valence-electron chi connectivity index (χ4n) is 3.28. The van der Waals surface area contributed by atoms with Crippen molar-refractivity contribution >= 4 is 16.8 Å². The first-order valence-electron chi connectivity index (χ1n) is 8.77. The average molecular weight is 339 g/mol. The van der Waals surface area contributed by atoms with E-state index in [1.165, 1.54) is 10.7 Å². The van der Waals surface area contributed by atoms with Gasteiger partial charge in [-0.25, -0.2) is 9.07 Å². The number of rotatable bonds is 3. The second-order valence-electron chi connectivity index (χ2n) is 6.23. The third-order valence-electron chi connectivity index (χ3n) is 4.58. The van der Waals surface area contributed by atoms with Crippen molar-refractivity contribution in [1.29, 1.82) is 0 Å². The van der Waals surface area contributed by atoms with E-state index in [4.69, 9.17) is 7.10 Å². The van der Waals surface area contributed by atoms with Crippen LogP contribution in [0.25, 0.3) is 16.6 Å². The van der Waals surface area contributed by atoms with Gasteiger partial charge in [-0.3, -0.25) is 4.79 Å². The number of carbonyl (C=O) groups is 1. The standard InChI is InChI=1S/C19H19FN4O/c20-16-9-12(13-4-2-8-22-10-13)6-7-17(16)24-11-14-3-1-5-15(19(21)25)18(14)23-24/h1,3,5-7,9,11,13,22H,2,4,8,10H2,(H2,21,25)/t13-/m1/s1/i13D. The number of hydrogen-bond acceptors (Lipinski definition) is 3. The minimum Gasteiger partial charge on any atom is -0.366 e. The Bertz CT molecular complexity index is 994. The zero-order chi connectivity index (χ0) is 18.3. The van der Waals surface area contributed by atoms with E-state index in [-0.39, 0.29) is 5.69 Å². The Morgan fingerprint density at radius 3 is 3.00 bits per heavy atom. The number of benzene rings is 2. The molecule has 2 aromatic carbocycles. The van der Waals surface area contributed by atoms with Gasteiger partial charge in [0.1, 0.15) is 17.0 Å². The van der Waals surface area contributed by atoms with Crippen LogP contribution in [-0.4, -0.2) is 28.8 Å². The summed E-state index contributed by atoms with van der Waals surface area (Å²) in [5.41, 5.74) is 7.05. The molecule has 0 aliphatic carbocycles. The summed E-state index contributed by atoms with van der Waals surface area (Å²) < 4.78 is 24.8. The first kappa shape index (κ1) is 14.6. The van der Waals surface area contributed by atoms with Crippen molar-refractivity contribution in [1.82, 2.24) is 15.1 Å². The van der Waals surface area contributed by atoms with Gasteiger partial charge in [0.25, 0.3) is 5.91 Å². The van der Waals surface area contributed by atoms with Gasteiger partial charge in [0.2, 0.25) is 0 Å². The third-order valence-corrected chi connectivity index (χ3v) is 4.58. The molecule has 1 amide bonds. The average Bonchev–Trinajstić information content (AvgIpc) is 3.05. The van der Waals surface area contributed by atoms with Gasteiger partial charge < -0.3 is 11.1 Å². The highest BCUT2D eigenvalue weighted by Gasteiger charge is 2.18. The van der Waals surface area contributed by atoms with Crippen LogP contribution in [0.3, 0.4) is 0 Å². The topological polar surface area (TPSA) is 72.9 Å². The molecular weight excluding hydrogens is 319 g/mol. The Morgan fingerprint density at radius 2 is 2.28 bits per heavy atom. The number of carbonyl (C=O) groups excluding carboxylic acids is 1. The number of hydrogen-bond donors (Lipinski definition) is 2. The van der Waals surface area contributed by atoms with E-state index < -0.39 is 17.6 Å². The smallest absolute Gasteiger partial charge is 0.250 e. The molecule has 3 N–H and O–H groups in total. The number of amides is 1. The lowest BCUT2D eigenvalue weighted by Gasteiger charge is -2.23. The summed E-state index contributed by atoms with van der Waals surface area (Å²) >= 11 is 0. The van der Waals surface area contributed by atoms with E-state index in [0.29, 0.717) is 35.0 Å². The predicted molar refractivity (Wildman–Crippen MR) is 94.4 cm³/mol. The number of halogens is 1. The van der Waals surface area contributed by atoms with Gasteiger partial charge in [0.05, 0.1) is 5.56 Å². The lowest BCUT2D eigenvalue weighted by Crippen LogP contribution is -2.28. The molecule has 0 bridgehead atoms. The number of primary amides is 1. The van der Waals surface area contributed by atoms with Crippen LogP contribution in [0.5, 0.6) is 0 Å². The zero-order valence-corrected chi connectivity index (χ0v) is 13.6. The Hall–Kier alpha value is -2.73. The van der Waals surface area contributed by atoms with Gasteiger partial charge in [-0.05, 0) is 49.0 Å². The highest BCUT2D eigenvalue weighted by atomic mass is 19.1. The molecule has 1 atom stereocenters. The molecule has 1 aliphatic rings. The van der Waals surface area contributed by atoms with Gasteiger partial charge >= 0.3 is 0 Å². The Kier molecular flexibility index (Phi) is 3.67. The number of nitrogens with two attached hydrogens (primary N) is 1. The van der Waals surface area contributed by atoms with Crippen molar-refractivity contribution in [3.05, 3.63) is 59.5 Å². The molecule has 0 radical (unpaired) electrons. The minimum atomic E-state index is -0.814. The summed E-state index contributed by atoms with van der Waals surface area (Å²) in [6.07, 6.45) is 3.26. The van der Waals surface area contributed by atoms with E-state index in [0.717, 1.165) is 13.0 Å². The summed E-state index contributed by atoms with van der Waals surface area (Å²) in [7, 11) is 0. The first-order valence-corrected chi connectivity index (χ1v) is 8.27. The second-order valence-corrected chi connectivity index (χ2v) is 6.23. The van der Waals surface area contributed by atoms with Gasteiger partial charge in [0.15, 0.2) is 0 Å². The molecule has 1 aromatic heterocycles. The molecule has 0 spiro atoms. The molecule has 3 aromatic rings. The van der Waals surface area contributed by atoms with Gasteiger partial charge in [0, 0.05) is 19.5 Å². The van der Waals surface area contributed by atoms with Crippen LogP contribution in [0.4, 0.5) is 4.39 Å². The van der Waals surface area contributed by atoms with Crippen molar-refractivity contribution in [2.45, 2.75) is 18.7 Å². The van der Waals surface area contributed by atoms with E-state index in [9.17, 15) is 9.18 Å². The van der Waals surface area contributed by atoms with Crippen LogP contribution < -0.4 is 11.1 Å². The van der Waals surface area contributed by atoms with E-state index in [1.54, 1.807) is 36.5 Å². The Morgan fingerprint density at radius 1 is 1.40 bits per heavy atom. The molecule has 1 aliphatic heterocycles. The summed E-state index contributed by atoms with van der Waals surface area (Å²) in [6, 6.07) is 9.93. The summed E-state index contributed by atoms with van der Waals surface area (Å²) in [4.78, 5) is 11.6. The maximum atomic E-state index is 14.8. The highest BCUT2D eigenvalue weighted by molar-refractivity contribution is 6.04. The molecule has 0 unspecified atom stereocenters. The predicted octanol–water partition coefficient (Wildman–Crippen LogP) is 2.73. The number of nitrogens with zero attached hydrogens (tertiary/aromatic N) is 2. The molecule has 0 saturated carbocycles. The van der Waals surface area contributed by atoms with Crippen molar-refractivity contribution in [3.8, 4) is 5.69 Å². The largest absolute Gasteiger partial charge is 0.366 e. The fourth-order valence-corrected chi connectivity index (χ4v) is 3.28. The number of nitrogens with one attached hydrogen (secondary N) is 1. The normalized spacial score (nSPS) is 21.2. The van der Waals surface area contributed by atoms with Crippen LogP contribution in [0, 0.1) is 5.82 Å².